The Kier molecular flexibility index (Phi) is 5.08. The number of aryl methyl sites for hydroxylation is 1. The largest absolute Gasteiger partial charge is 0.411 e. The van der Waals surface area contributed by atoms with Crippen LogP contribution in [0.4, 0.5) is 0 Å². The zero-order chi connectivity index (χ0) is 19.5. The number of carbonyl (C=O) groups is 1. The molecule has 7 heteroatoms. The van der Waals surface area contributed by atoms with Gasteiger partial charge in [-0.2, -0.15) is 0 Å². The van der Waals surface area contributed by atoms with E-state index in [1.165, 1.54) is 11.8 Å². The molecule has 1 aromatic carbocycles. The molecule has 0 bridgehead atoms. The van der Waals surface area contributed by atoms with Gasteiger partial charge in [-0.1, -0.05) is 30.0 Å². The predicted octanol–water partition coefficient (Wildman–Crippen LogP) is 4.51. The van der Waals surface area contributed by atoms with Crippen molar-refractivity contribution >= 4 is 17.5 Å². The Balaban J connectivity index is 1.49. The average molecular weight is 390 g/mol. The first kappa shape index (κ1) is 18.2. The molecule has 0 saturated carbocycles. The van der Waals surface area contributed by atoms with Gasteiger partial charge in [0.1, 0.15) is 0 Å². The van der Waals surface area contributed by atoms with Gasteiger partial charge in [-0.3, -0.25) is 9.78 Å². The van der Waals surface area contributed by atoms with E-state index >= 15 is 0 Å². The number of Topliss-reactive ketones (excluding diaryl/α,β-unsaturated/α-hetero) is 1. The number of pyridine rings is 1. The molecule has 28 heavy (non-hydrogen) atoms. The summed E-state index contributed by atoms with van der Waals surface area (Å²) in [5.41, 5.74) is 4.45. The summed E-state index contributed by atoms with van der Waals surface area (Å²) in [6.07, 6.45) is 3.34. The number of carbonyl (C=O) groups excluding carboxylic acids is 1. The summed E-state index contributed by atoms with van der Waals surface area (Å²) < 4.78 is 7.72. The fourth-order valence-electron chi connectivity index (χ4n) is 3.10. The molecule has 0 aliphatic heterocycles. The van der Waals surface area contributed by atoms with Crippen LogP contribution in [0.15, 0.2) is 70.6 Å². The van der Waals surface area contributed by atoms with Crippen molar-refractivity contribution in [2.75, 3.05) is 5.75 Å². The number of hydrogen-bond donors (Lipinski definition) is 0. The standard InChI is InChI=1S/C21H18N4O2S/c1-14-11-18(15(2)25(14)17-8-4-3-5-9-17)19(26)13-28-21-24-23-20(27-21)16-7-6-10-22-12-16/h3-12H,13H2,1-2H3. The third-order valence-corrected chi connectivity index (χ3v) is 5.21. The number of hydrogen-bond acceptors (Lipinski definition) is 6. The molecule has 0 aliphatic carbocycles. The van der Waals surface area contributed by atoms with Gasteiger partial charge < -0.3 is 8.98 Å². The topological polar surface area (TPSA) is 73.8 Å². The third kappa shape index (κ3) is 3.61. The molecule has 3 heterocycles. The quantitative estimate of drug-likeness (QED) is 0.356. The van der Waals surface area contributed by atoms with Gasteiger partial charge in [-0.05, 0) is 44.2 Å². The highest BCUT2D eigenvalue weighted by Crippen LogP contribution is 2.25. The van der Waals surface area contributed by atoms with Crippen LogP contribution in [-0.2, 0) is 0 Å². The summed E-state index contributed by atoms with van der Waals surface area (Å²) >= 11 is 1.24. The summed E-state index contributed by atoms with van der Waals surface area (Å²) in [6.45, 7) is 3.97. The van der Waals surface area contributed by atoms with E-state index in [1.54, 1.807) is 18.5 Å². The molecule has 0 amide bonds. The van der Waals surface area contributed by atoms with E-state index < -0.39 is 0 Å². The fourth-order valence-corrected chi connectivity index (χ4v) is 3.75. The minimum atomic E-state index is 0.0291. The Bertz CT molecular complexity index is 1100. The van der Waals surface area contributed by atoms with Crippen LogP contribution in [0.1, 0.15) is 21.7 Å². The van der Waals surface area contributed by atoms with Crippen molar-refractivity contribution in [1.29, 1.82) is 0 Å². The Hall–Kier alpha value is -3.19. The van der Waals surface area contributed by atoms with Crippen LogP contribution < -0.4 is 0 Å². The van der Waals surface area contributed by atoms with Gasteiger partial charge in [-0.25, -0.2) is 0 Å². The summed E-state index contributed by atoms with van der Waals surface area (Å²) in [4.78, 5) is 16.8. The molecule has 0 saturated heterocycles. The average Bonchev–Trinajstić information content (AvgIpc) is 3.32. The molecule has 0 fully saturated rings. The SMILES string of the molecule is Cc1cc(C(=O)CSc2nnc(-c3cccnc3)o2)c(C)n1-c1ccccc1. The summed E-state index contributed by atoms with van der Waals surface area (Å²) in [5, 5.41) is 8.40. The summed E-state index contributed by atoms with van der Waals surface area (Å²) in [6, 6.07) is 15.6. The molecule has 0 spiro atoms. The summed E-state index contributed by atoms with van der Waals surface area (Å²) in [7, 11) is 0. The van der Waals surface area contributed by atoms with Crippen LogP contribution >= 0.6 is 11.8 Å². The summed E-state index contributed by atoms with van der Waals surface area (Å²) in [5.74, 6) is 0.653. The Morgan fingerprint density at radius 3 is 2.68 bits per heavy atom. The van der Waals surface area contributed by atoms with E-state index in [0.717, 1.165) is 22.6 Å². The smallest absolute Gasteiger partial charge is 0.277 e. The van der Waals surface area contributed by atoms with E-state index in [4.69, 9.17) is 4.42 Å². The van der Waals surface area contributed by atoms with Crippen molar-refractivity contribution in [3.63, 3.8) is 0 Å². The number of nitrogens with zero attached hydrogens (tertiary/aromatic N) is 4. The highest BCUT2D eigenvalue weighted by Gasteiger charge is 2.18. The molecular formula is C21H18N4O2S. The Labute approximate surface area is 166 Å². The number of rotatable bonds is 6. The van der Waals surface area contributed by atoms with Gasteiger partial charge >= 0.3 is 0 Å². The maximum absolute atomic E-state index is 12.8. The van der Waals surface area contributed by atoms with Crippen molar-refractivity contribution < 1.29 is 9.21 Å². The second kappa shape index (κ2) is 7.82. The lowest BCUT2D eigenvalue weighted by atomic mass is 10.2. The molecule has 0 atom stereocenters. The third-order valence-electron chi connectivity index (χ3n) is 4.39. The van der Waals surface area contributed by atoms with Crippen LogP contribution in [-0.4, -0.2) is 31.3 Å². The molecule has 140 valence electrons. The zero-order valence-corrected chi connectivity index (χ0v) is 16.3. The fraction of sp³-hybridized carbons (Fsp3) is 0.143. The number of para-hydroxylation sites is 1. The normalized spacial score (nSPS) is 10.9. The molecule has 3 aromatic heterocycles. The van der Waals surface area contributed by atoms with Gasteiger partial charge in [0, 0.05) is 35.0 Å². The molecule has 0 aliphatic rings. The van der Waals surface area contributed by atoms with Crippen molar-refractivity contribution in [3.05, 3.63) is 77.9 Å². The van der Waals surface area contributed by atoms with E-state index in [0.29, 0.717) is 16.7 Å². The van der Waals surface area contributed by atoms with Crippen molar-refractivity contribution in [3.8, 4) is 17.1 Å². The van der Waals surface area contributed by atoms with Crippen LogP contribution in [0, 0.1) is 13.8 Å². The van der Waals surface area contributed by atoms with Crippen LogP contribution in [0.3, 0.4) is 0 Å². The minimum absolute atomic E-state index is 0.0291. The van der Waals surface area contributed by atoms with Crippen molar-refractivity contribution in [2.45, 2.75) is 19.1 Å². The number of thioether (sulfide) groups is 1. The second-order valence-corrected chi connectivity index (χ2v) is 7.21. The first-order valence-corrected chi connectivity index (χ1v) is 9.76. The molecular weight excluding hydrogens is 372 g/mol. The number of ketones is 1. The van der Waals surface area contributed by atoms with E-state index in [2.05, 4.69) is 19.7 Å². The maximum Gasteiger partial charge on any atom is 0.277 e. The number of benzene rings is 1. The van der Waals surface area contributed by atoms with Crippen molar-refractivity contribution in [1.82, 2.24) is 19.7 Å². The van der Waals surface area contributed by atoms with Gasteiger partial charge in [0.15, 0.2) is 5.78 Å². The first-order valence-electron chi connectivity index (χ1n) is 8.78. The van der Waals surface area contributed by atoms with Gasteiger partial charge in [0.05, 0.1) is 11.3 Å². The van der Waals surface area contributed by atoms with E-state index in [9.17, 15) is 4.79 Å². The Morgan fingerprint density at radius 1 is 1.11 bits per heavy atom. The van der Waals surface area contributed by atoms with Gasteiger partial charge in [0.25, 0.3) is 5.22 Å². The minimum Gasteiger partial charge on any atom is -0.411 e. The van der Waals surface area contributed by atoms with Gasteiger partial charge in [-0.15, -0.1) is 10.2 Å². The molecule has 0 unspecified atom stereocenters. The van der Waals surface area contributed by atoms with Crippen LogP contribution in [0.5, 0.6) is 0 Å². The van der Waals surface area contributed by atoms with E-state index in [1.807, 2.05) is 56.3 Å². The zero-order valence-electron chi connectivity index (χ0n) is 15.5. The molecule has 4 aromatic rings. The van der Waals surface area contributed by atoms with Gasteiger partial charge in [0.2, 0.25) is 5.89 Å². The molecule has 0 radical (unpaired) electrons. The first-order chi connectivity index (χ1) is 13.6. The predicted molar refractivity (Wildman–Crippen MR) is 108 cm³/mol. The molecule has 4 rings (SSSR count). The van der Waals surface area contributed by atoms with Crippen molar-refractivity contribution in [2.24, 2.45) is 0 Å². The van der Waals surface area contributed by atoms with Crippen LogP contribution in [0.25, 0.3) is 17.1 Å². The highest BCUT2D eigenvalue weighted by atomic mass is 32.2. The lowest BCUT2D eigenvalue weighted by Crippen LogP contribution is -2.05. The Morgan fingerprint density at radius 2 is 1.93 bits per heavy atom. The molecule has 0 N–H and O–H groups in total. The lowest BCUT2D eigenvalue weighted by molar-refractivity contribution is 0.102. The monoisotopic (exact) mass is 390 g/mol. The highest BCUT2D eigenvalue weighted by molar-refractivity contribution is 7.99. The van der Waals surface area contributed by atoms with Crippen LogP contribution in [0.2, 0.25) is 0 Å². The number of aromatic nitrogens is 4. The molecule has 6 nitrogen and oxygen atoms in total. The maximum atomic E-state index is 12.8. The van der Waals surface area contributed by atoms with E-state index in [-0.39, 0.29) is 11.5 Å². The lowest BCUT2D eigenvalue weighted by Gasteiger charge is -2.09. The second-order valence-electron chi connectivity index (χ2n) is 6.28.